The summed E-state index contributed by atoms with van der Waals surface area (Å²) in [5, 5.41) is 0. The third kappa shape index (κ3) is 5.96. The number of hydrogen-bond acceptors (Lipinski definition) is 1. The third-order valence-corrected chi connectivity index (χ3v) is 3.94. The molecule has 0 bridgehead atoms. The van der Waals surface area contributed by atoms with Crippen molar-refractivity contribution in [1.82, 2.24) is 0 Å². The van der Waals surface area contributed by atoms with E-state index in [-0.39, 0.29) is 11.9 Å². The van der Waals surface area contributed by atoms with Gasteiger partial charge in [-0.1, -0.05) is 55.0 Å². The van der Waals surface area contributed by atoms with Crippen LogP contribution < -0.4 is 5.73 Å². The van der Waals surface area contributed by atoms with E-state index in [1.54, 1.807) is 12.1 Å². The summed E-state index contributed by atoms with van der Waals surface area (Å²) < 4.78 is 14.1. The van der Waals surface area contributed by atoms with Crippen molar-refractivity contribution >= 4 is 15.9 Å². The lowest BCUT2D eigenvalue weighted by atomic mass is 10.0. The van der Waals surface area contributed by atoms with Gasteiger partial charge in [0.2, 0.25) is 0 Å². The summed E-state index contributed by atoms with van der Waals surface area (Å²) in [6.45, 7) is 2.22. The average Bonchev–Trinajstić information content (AvgIpc) is 2.33. The van der Waals surface area contributed by atoms with Crippen molar-refractivity contribution in [3.8, 4) is 0 Å². The molecular formula is C15H23BrFN. The second-order valence-electron chi connectivity index (χ2n) is 4.90. The molecule has 3 heteroatoms. The molecule has 0 aliphatic rings. The molecule has 1 unspecified atom stereocenters. The lowest BCUT2D eigenvalue weighted by Crippen LogP contribution is -2.22. The molecule has 0 amide bonds. The SMILES string of the molecule is CCCCCCCC(N)Cc1cc(F)ccc1Br. The molecule has 0 aliphatic heterocycles. The summed E-state index contributed by atoms with van der Waals surface area (Å²) in [6.07, 6.45) is 8.07. The molecule has 0 saturated heterocycles. The minimum Gasteiger partial charge on any atom is -0.327 e. The van der Waals surface area contributed by atoms with Crippen molar-refractivity contribution in [2.45, 2.75) is 57.9 Å². The molecule has 1 rings (SSSR count). The highest BCUT2D eigenvalue weighted by molar-refractivity contribution is 9.10. The van der Waals surface area contributed by atoms with Crippen LogP contribution >= 0.6 is 15.9 Å². The normalized spacial score (nSPS) is 12.7. The van der Waals surface area contributed by atoms with Crippen molar-refractivity contribution in [1.29, 1.82) is 0 Å². The molecule has 18 heavy (non-hydrogen) atoms. The van der Waals surface area contributed by atoms with Gasteiger partial charge in [0, 0.05) is 10.5 Å². The lowest BCUT2D eigenvalue weighted by molar-refractivity contribution is 0.536. The molecule has 0 aliphatic carbocycles. The first-order valence-corrected chi connectivity index (χ1v) is 7.62. The molecule has 0 radical (unpaired) electrons. The molecular weight excluding hydrogens is 293 g/mol. The van der Waals surface area contributed by atoms with Crippen LogP contribution in [0, 0.1) is 5.82 Å². The minimum absolute atomic E-state index is 0.129. The fourth-order valence-corrected chi connectivity index (χ4v) is 2.50. The van der Waals surface area contributed by atoms with E-state index < -0.39 is 0 Å². The van der Waals surface area contributed by atoms with E-state index >= 15 is 0 Å². The Morgan fingerprint density at radius 1 is 1.22 bits per heavy atom. The van der Waals surface area contributed by atoms with Crippen molar-refractivity contribution in [3.63, 3.8) is 0 Å². The monoisotopic (exact) mass is 315 g/mol. The van der Waals surface area contributed by atoms with Crippen molar-refractivity contribution < 1.29 is 4.39 Å². The first-order chi connectivity index (χ1) is 8.63. The molecule has 0 spiro atoms. The predicted octanol–water partition coefficient (Wildman–Crippen LogP) is 4.82. The number of benzene rings is 1. The molecule has 1 aromatic rings. The van der Waals surface area contributed by atoms with Crippen molar-refractivity contribution in [3.05, 3.63) is 34.1 Å². The van der Waals surface area contributed by atoms with Gasteiger partial charge in [-0.2, -0.15) is 0 Å². The maximum Gasteiger partial charge on any atom is 0.123 e. The lowest BCUT2D eigenvalue weighted by Gasteiger charge is -2.12. The zero-order valence-corrected chi connectivity index (χ0v) is 12.7. The maximum atomic E-state index is 13.1. The summed E-state index contributed by atoms with van der Waals surface area (Å²) in [7, 11) is 0. The Morgan fingerprint density at radius 3 is 2.67 bits per heavy atom. The number of hydrogen-bond donors (Lipinski definition) is 1. The number of nitrogens with two attached hydrogens (primary N) is 1. The van der Waals surface area contributed by atoms with Gasteiger partial charge in [0.15, 0.2) is 0 Å². The van der Waals surface area contributed by atoms with Crippen LogP contribution in [0.25, 0.3) is 0 Å². The summed E-state index contributed by atoms with van der Waals surface area (Å²) in [5.41, 5.74) is 7.06. The Bertz CT molecular complexity index is 354. The van der Waals surface area contributed by atoms with Gasteiger partial charge < -0.3 is 5.73 Å². The second kappa shape index (κ2) is 8.65. The van der Waals surface area contributed by atoms with E-state index in [1.807, 2.05) is 0 Å². The van der Waals surface area contributed by atoms with Gasteiger partial charge in [-0.25, -0.2) is 4.39 Å². The molecule has 1 nitrogen and oxygen atoms in total. The summed E-state index contributed by atoms with van der Waals surface area (Å²) in [6, 6.07) is 4.91. The highest BCUT2D eigenvalue weighted by Gasteiger charge is 2.08. The fourth-order valence-electron chi connectivity index (χ4n) is 2.09. The molecule has 1 aromatic carbocycles. The number of unbranched alkanes of at least 4 members (excludes halogenated alkanes) is 4. The first-order valence-electron chi connectivity index (χ1n) is 6.83. The van der Waals surface area contributed by atoms with Gasteiger partial charge in [0.25, 0.3) is 0 Å². The van der Waals surface area contributed by atoms with Gasteiger partial charge in [0.05, 0.1) is 0 Å². The van der Waals surface area contributed by atoms with Crippen LogP contribution in [0.5, 0.6) is 0 Å². The smallest absolute Gasteiger partial charge is 0.123 e. The van der Waals surface area contributed by atoms with E-state index in [9.17, 15) is 4.39 Å². The minimum atomic E-state index is -0.191. The standard InChI is InChI=1S/C15H23BrFN/c1-2-3-4-5-6-7-14(18)11-12-10-13(17)8-9-15(12)16/h8-10,14H,2-7,11,18H2,1H3. The van der Waals surface area contributed by atoms with E-state index in [0.717, 1.165) is 22.9 Å². The number of halogens is 2. The molecule has 0 saturated carbocycles. The van der Waals surface area contributed by atoms with Crippen molar-refractivity contribution in [2.75, 3.05) is 0 Å². The molecule has 0 fully saturated rings. The van der Waals surface area contributed by atoms with Crippen molar-refractivity contribution in [2.24, 2.45) is 5.73 Å². The van der Waals surface area contributed by atoms with E-state index in [2.05, 4.69) is 22.9 Å². The van der Waals surface area contributed by atoms with Crippen LogP contribution in [-0.4, -0.2) is 6.04 Å². The highest BCUT2D eigenvalue weighted by atomic mass is 79.9. The average molecular weight is 316 g/mol. The Hall–Kier alpha value is -0.410. The Kier molecular flexibility index (Phi) is 7.52. The topological polar surface area (TPSA) is 26.0 Å². The zero-order valence-electron chi connectivity index (χ0n) is 11.1. The molecule has 1 atom stereocenters. The fraction of sp³-hybridized carbons (Fsp3) is 0.600. The van der Waals surface area contributed by atoms with Gasteiger partial charge in [-0.15, -0.1) is 0 Å². The van der Waals surface area contributed by atoms with Gasteiger partial charge >= 0.3 is 0 Å². The van der Waals surface area contributed by atoms with Crippen LogP contribution in [0.3, 0.4) is 0 Å². The highest BCUT2D eigenvalue weighted by Crippen LogP contribution is 2.20. The first kappa shape index (κ1) is 15.6. The Morgan fingerprint density at radius 2 is 1.94 bits per heavy atom. The maximum absolute atomic E-state index is 13.1. The second-order valence-corrected chi connectivity index (χ2v) is 5.76. The van der Waals surface area contributed by atoms with Gasteiger partial charge in [0.1, 0.15) is 5.82 Å². The predicted molar refractivity (Wildman–Crippen MR) is 79.2 cm³/mol. The molecule has 0 heterocycles. The molecule has 0 aromatic heterocycles. The van der Waals surface area contributed by atoms with E-state index in [1.165, 1.54) is 38.2 Å². The van der Waals surface area contributed by atoms with Gasteiger partial charge in [-0.3, -0.25) is 0 Å². The number of rotatable bonds is 8. The molecule has 2 N–H and O–H groups in total. The van der Waals surface area contributed by atoms with Crippen LogP contribution in [0.4, 0.5) is 4.39 Å². The third-order valence-electron chi connectivity index (χ3n) is 3.17. The summed E-state index contributed by atoms with van der Waals surface area (Å²) >= 11 is 3.44. The van der Waals surface area contributed by atoms with Crippen LogP contribution in [0.15, 0.2) is 22.7 Å². The van der Waals surface area contributed by atoms with Crippen LogP contribution in [0.1, 0.15) is 51.0 Å². The summed E-state index contributed by atoms with van der Waals surface area (Å²) in [4.78, 5) is 0. The Balaban J connectivity index is 2.30. The summed E-state index contributed by atoms with van der Waals surface area (Å²) in [5.74, 6) is -0.191. The van der Waals surface area contributed by atoms with Crippen LogP contribution in [-0.2, 0) is 6.42 Å². The Labute approximate surface area is 118 Å². The zero-order chi connectivity index (χ0) is 13.4. The quantitative estimate of drug-likeness (QED) is 0.684. The van der Waals surface area contributed by atoms with E-state index in [4.69, 9.17) is 5.73 Å². The molecule has 102 valence electrons. The largest absolute Gasteiger partial charge is 0.327 e. The van der Waals surface area contributed by atoms with E-state index in [0.29, 0.717) is 0 Å². The van der Waals surface area contributed by atoms with Crippen LogP contribution in [0.2, 0.25) is 0 Å². The van der Waals surface area contributed by atoms with Gasteiger partial charge in [-0.05, 0) is 36.6 Å².